The van der Waals surface area contributed by atoms with Gasteiger partial charge in [-0.25, -0.2) is 9.97 Å². The molecule has 0 bridgehead atoms. The number of hydrogen-bond acceptors (Lipinski definition) is 7. The minimum Gasteiger partial charge on any atom is -0.370 e. The monoisotopic (exact) mass is 432 g/mol. The third-order valence-corrected chi connectivity index (χ3v) is 5.87. The Kier molecular flexibility index (Phi) is 5.90. The van der Waals surface area contributed by atoms with Crippen molar-refractivity contribution >= 4 is 34.4 Å². The molecule has 158 valence electrons. The number of thioether (sulfide) groups is 1. The zero-order valence-corrected chi connectivity index (χ0v) is 18.5. The molecule has 0 aliphatic carbocycles. The van der Waals surface area contributed by atoms with Gasteiger partial charge in [-0.3, -0.25) is 9.36 Å². The van der Waals surface area contributed by atoms with E-state index in [1.165, 1.54) is 11.8 Å². The minimum absolute atomic E-state index is 0.0662. The molecule has 3 N–H and O–H groups in total. The molecule has 0 fully saturated rings. The average Bonchev–Trinajstić information content (AvgIpc) is 2.73. The van der Waals surface area contributed by atoms with E-state index in [-0.39, 0.29) is 11.5 Å². The quantitative estimate of drug-likeness (QED) is 0.350. The van der Waals surface area contributed by atoms with E-state index in [2.05, 4.69) is 15.3 Å². The Morgan fingerprint density at radius 2 is 1.81 bits per heavy atom. The third kappa shape index (κ3) is 4.25. The Hall–Kier alpha value is -3.39. The van der Waals surface area contributed by atoms with Crippen molar-refractivity contribution in [2.24, 2.45) is 0 Å². The summed E-state index contributed by atoms with van der Waals surface area (Å²) in [5.41, 5.74) is 9.25. The number of benzene rings is 2. The molecule has 0 amide bonds. The highest BCUT2D eigenvalue weighted by Gasteiger charge is 2.16. The molecule has 2 aromatic heterocycles. The lowest BCUT2D eigenvalue weighted by molar-refractivity contribution is 0.875. The Morgan fingerprint density at radius 3 is 2.58 bits per heavy atom. The van der Waals surface area contributed by atoms with Crippen molar-refractivity contribution in [3.8, 4) is 5.69 Å². The first-order valence-corrected chi connectivity index (χ1v) is 11.0. The SMILES string of the molecule is CCNc1cc(SCc2nc3cccc(C)c3c(=O)n2-c2ccccc2C)nc(N)n1. The Labute approximate surface area is 184 Å². The Bertz CT molecular complexity index is 1320. The second kappa shape index (κ2) is 8.77. The normalized spacial score (nSPS) is 11.1. The molecule has 0 aliphatic heterocycles. The van der Waals surface area contributed by atoms with Crippen LogP contribution in [0.3, 0.4) is 0 Å². The Balaban J connectivity index is 1.83. The molecule has 0 saturated carbocycles. The number of fused-ring (bicyclic) bond motifs is 1. The molecule has 2 heterocycles. The van der Waals surface area contributed by atoms with Gasteiger partial charge in [-0.05, 0) is 44.0 Å². The van der Waals surface area contributed by atoms with Crippen LogP contribution in [0.1, 0.15) is 23.9 Å². The third-order valence-electron chi connectivity index (χ3n) is 4.96. The van der Waals surface area contributed by atoms with Crippen molar-refractivity contribution < 1.29 is 0 Å². The van der Waals surface area contributed by atoms with Crippen LogP contribution in [0, 0.1) is 13.8 Å². The molecular weight excluding hydrogens is 408 g/mol. The van der Waals surface area contributed by atoms with Crippen LogP contribution in [0.5, 0.6) is 0 Å². The largest absolute Gasteiger partial charge is 0.370 e. The first-order chi connectivity index (χ1) is 15.0. The number of aromatic nitrogens is 4. The number of para-hydroxylation sites is 1. The highest BCUT2D eigenvalue weighted by molar-refractivity contribution is 7.98. The van der Waals surface area contributed by atoms with E-state index in [4.69, 9.17) is 10.7 Å². The fourth-order valence-corrected chi connectivity index (χ4v) is 4.35. The van der Waals surface area contributed by atoms with E-state index in [0.717, 1.165) is 28.4 Å². The molecule has 4 rings (SSSR count). The van der Waals surface area contributed by atoms with E-state index < -0.39 is 0 Å². The van der Waals surface area contributed by atoms with Crippen LogP contribution in [0.15, 0.2) is 58.4 Å². The van der Waals surface area contributed by atoms with Crippen molar-refractivity contribution in [1.82, 2.24) is 19.5 Å². The predicted molar refractivity (Wildman–Crippen MR) is 127 cm³/mol. The molecule has 31 heavy (non-hydrogen) atoms. The number of nitrogen functional groups attached to an aromatic ring is 1. The number of nitrogens with one attached hydrogen (secondary N) is 1. The second-order valence-corrected chi connectivity index (χ2v) is 8.19. The number of nitrogens with zero attached hydrogens (tertiary/aromatic N) is 4. The molecule has 7 nitrogen and oxygen atoms in total. The first-order valence-electron chi connectivity index (χ1n) is 10.1. The summed E-state index contributed by atoms with van der Waals surface area (Å²) in [6.07, 6.45) is 0. The van der Waals surface area contributed by atoms with Gasteiger partial charge in [0.2, 0.25) is 5.95 Å². The molecule has 4 aromatic rings. The second-order valence-electron chi connectivity index (χ2n) is 7.19. The molecule has 0 atom stereocenters. The number of anilines is 2. The summed E-state index contributed by atoms with van der Waals surface area (Å²) in [5, 5.41) is 4.52. The summed E-state index contributed by atoms with van der Waals surface area (Å²) in [6, 6.07) is 15.4. The van der Waals surface area contributed by atoms with Gasteiger partial charge in [0.1, 0.15) is 16.7 Å². The van der Waals surface area contributed by atoms with Gasteiger partial charge >= 0.3 is 0 Å². The molecule has 8 heteroatoms. The highest BCUT2D eigenvalue weighted by atomic mass is 32.2. The van der Waals surface area contributed by atoms with Crippen LogP contribution in [0.2, 0.25) is 0 Å². The van der Waals surface area contributed by atoms with Crippen molar-refractivity contribution in [2.75, 3.05) is 17.6 Å². The summed E-state index contributed by atoms with van der Waals surface area (Å²) in [6.45, 7) is 6.66. The van der Waals surface area contributed by atoms with Gasteiger partial charge in [-0.1, -0.05) is 42.1 Å². The predicted octanol–water partition coefficient (Wildman–Crippen LogP) is 4.10. The topological polar surface area (TPSA) is 98.7 Å². The van der Waals surface area contributed by atoms with Gasteiger partial charge in [0, 0.05) is 12.6 Å². The Morgan fingerprint density at radius 1 is 1.03 bits per heavy atom. The summed E-state index contributed by atoms with van der Waals surface area (Å²) in [5.74, 6) is 2.00. The lowest BCUT2D eigenvalue weighted by atomic mass is 10.1. The standard InChI is InChI=1S/C23H24N6OS/c1-4-25-18-12-20(28-23(24)27-18)31-13-19-26-16-10-7-9-15(3)21(16)22(30)29(19)17-11-6-5-8-14(17)2/h5-12H,4,13H2,1-3H3,(H3,24,25,27,28). The van der Waals surface area contributed by atoms with Crippen LogP contribution >= 0.6 is 11.8 Å². The molecular formula is C23H24N6OS. The van der Waals surface area contributed by atoms with Gasteiger partial charge in [-0.2, -0.15) is 4.98 Å². The van der Waals surface area contributed by atoms with Gasteiger partial charge < -0.3 is 11.1 Å². The molecule has 0 aliphatic rings. The van der Waals surface area contributed by atoms with Crippen LogP contribution in [-0.2, 0) is 5.75 Å². The zero-order valence-electron chi connectivity index (χ0n) is 17.7. The summed E-state index contributed by atoms with van der Waals surface area (Å²) in [4.78, 5) is 27.0. The van der Waals surface area contributed by atoms with E-state index in [0.29, 0.717) is 28.3 Å². The van der Waals surface area contributed by atoms with Crippen molar-refractivity contribution in [1.29, 1.82) is 0 Å². The van der Waals surface area contributed by atoms with E-state index in [1.54, 1.807) is 4.57 Å². The lowest BCUT2D eigenvalue weighted by Gasteiger charge is -2.16. The van der Waals surface area contributed by atoms with Gasteiger partial charge in [-0.15, -0.1) is 0 Å². The summed E-state index contributed by atoms with van der Waals surface area (Å²) >= 11 is 1.47. The van der Waals surface area contributed by atoms with Crippen molar-refractivity contribution in [3.05, 3.63) is 75.8 Å². The molecule has 0 saturated heterocycles. The number of aryl methyl sites for hydroxylation is 2. The minimum atomic E-state index is -0.0662. The van der Waals surface area contributed by atoms with Crippen LogP contribution in [0.4, 0.5) is 11.8 Å². The number of nitrogens with two attached hydrogens (primary N) is 1. The summed E-state index contributed by atoms with van der Waals surface area (Å²) < 4.78 is 1.72. The fraction of sp³-hybridized carbons (Fsp3) is 0.217. The number of rotatable bonds is 6. The van der Waals surface area contributed by atoms with E-state index >= 15 is 0 Å². The zero-order chi connectivity index (χ0) is 22.0. The highest BCUT2D eigenvalue weighted by Crippen LogP contribution is 2.26. The van der Waals surface area contributed by atoms with E-state index in [9.17, 15) is 4.79 Å². The van der Waals surface area contributed by atoms with Crippen LogP contribution in [0.25, 0.3) is 16.6 Å². The summed E-state index contributed by atoms with van der Waals surface area (Å²) in [7, 11) is 0. The molecule has 2 aromatic carbocycles. The molecule has 0 radical (unpaired) electrons. The first kappa shape index (κ1) is 20.9. The van der Waals surface area contributed by atoms with E-state index in [1.807, 2.05) is 69.3 Å². The maximum atomic E-state index is 13.6. The lowest BCUT2D eigenvalue weighted by Crippen LogP contribution is -2.25. The maximum Gasteiger partial charge on any atom is 0.266 e. The van der Waals surface area contributed by atoms with Gasteiger partial charge in [0.05, 0.1) is 22.3 Å². The van der Waals surface area contributed by atoms with Crippen LogP contribution < -0.4 is 16.6 Å². The molecule has 0 unspecified atom stereocenters. The van der Waals surface area contributed by atoms with Gasteiger partial charge in [0.15, 0.2) is 0 Å². The van der Waals surface area contributed by atoms with Crippen LogP contribution in [-0.4, -0.2) is 26.1 Å². The smallest absolute Gasteiger partial charge is 0.266 e. The van der Waals surface area contributed by atoms with Crippen molar-refractivity contribution in [2.45, 2.75) is 31.6 Å². The number of hydrogen-bond donors (Lipinski definition) is 2. The maximum absolute atomic E-state index is 13.6. The molecule has 0 spiro atoms. The fourth-order valence-electron chi connectivity index (χ4n) is 3.53. The van der Waals surface area contributed by atoms with Crippen molar-refractivity contribution in [3.63, 3.8) is 0 Å². The van der Waals surface area contributed by atoms with Gasteiger partial charge in [0.25, 0.3) is 5.56 Å². The average molecular weight is 433 g/mol.